The fourth-order valence-corrected chi connectivity index (χ4v) is 1.47. The first-order chi connectivity index (χ1) is 9.15. The third-order valence-electron chi connectivity index (χ3n) is 2.38. The van der Waals surface area contributed by atoms with Gasteiger partial charge in [0, 0.05) is 7.11 Å². The van der Waals surface area contributed by atoms with Crippen LogP contribution in [0.4, 0.5) is 0 Å². The van der Waals surface area contributed by atoms with Gasteiger partial charge in [0.05, 0.1) is 12.2 Å². The van der Waals surface area contributed by atoms with E-state index in [2.05, 4.69) is 0 Å². The minimum absolute atomic E-state index is 0.222. The molecule has 0 bridgehead atoms. The van der Waals surface area contributed by atoms with Crippen molar-refractivity contribution in [1.29, 1.82) is 0 Å². The van der Waals surface area contributed by atoms with Crippen LogP contribution in [0, 0.1) is 0 Å². The van der Waals surface area contributed by atoms with Crippen molar-refractivity contribution in [1.82, 2.24) is 0 Å². The first kappa shape index (κ1) is 15.1. The molecule has 4 heteroatoms. The van der Waals surface area contributed by atoms with Gasteiger partial charge in [-0.15, -0.1) is 0 Å². The molecule has 0 aliphatic carbocycles. The van der Waals surface area contributed by atoms with E-state index in [4.69, 9.17) is 9.47 Å². The molecule has 0 fully saturated rings. The molecule has 0 aliphatic heterocycles. The van der Waals surface area contributed by atoms with Gasteiger partial charge in [0.25, 0.3) is 0 Å². The Hall–Kier alpha value is -1.91. The number of hydrogen-bond donors (Lipinski definition) is 1. The van der Waals surface area contributed by atoms with E-state index < -0.39 is 5.97 Å². The van der Waals surface area contributed by atoms with Gasteiger partial charge in [-0.25, -0.2) is 4.79 Å². The number of aliphatic carboxylic acids is 1. The van der Waals surface area contributed by atoms with Crippen LogP contribution >= 0.6 is 0 Å². The van der Waals surface area contributed by atoms with Gasteiger partial charge in [-0.1, -0.05) is 36.4 Å². The number of carboxylic acids is 1. The summed E-state index contributed by atoms with van der Waals surface area (Å²) in [5, 5.41) is 9.20. The largest absolute Gasteiger partial charge is 0.478 e. The summed E-state index contributed by atoms with van der Waals surface area (Å²) in [5.41, 5.74) is 1.86. The van der Waals surface area contributed by atoms with Gasteiger partial charge in [0.2, 0.25) is 0 Å². The van der Waals surface area contributed by atoms with Crippen LogP contribution in [0.3, 0.4) is 0 Å². The van der Waals surface area contributed by atoms with Gasteiger partial charge in [0.1, 0.15) is 6.79 Å². The van der Waals surface area contributed by atoms with E-state index in [0.717, 1.165) is 5.57 Å². The molecule has 0 heterocycles. The fourth-order valence-electron chi connectivity index (χ4n) is 1.47. The summed E-state index contributed by atoms with van der Waals surface area (Å²) >= 11 is 0. The van der Waals surface area contributed by atoms with Gasteiger partial charge >= 0.3 is 5.97 Å². The first-order valence-electron chi connectivity index (χ1n) is 5.88. The van der Waals surface area contributed by atoms with Gasteiger partial charge in [-0.05, 0) is 24.1 Å². The summed E-state index contributed by atoms with van der Waals surface area (Å²) in [7, 11) is 1.55. The SMILES string of the molecule is COCOCC(C)=CC=C(C(=O)O)c1ccccc1. The predicted molar refractivity (Wildman–Crippen MR) is 73.6 cm³/mol. The van der Waals surface area contributed by atoms with Crippen molar-refractivity contribution >= 4 is 11.5 Å². The molecule has 0 unspecified atom stereocenters. The highest BCUT2D eigenvalue weighted by molar-refractivity contribution is 6.15. The van der Waals surface area contributed by atoms with E-state index in [1.54, 1.807) is 31.4 Å². The summed E-state index contributed by atoms with van der Waals surface area (Å²) in [6.45, 7) is 2.50. The summed E-state index contributed by atoms with van der Waals surface area (Å²) < 4.78 is 9.94. The second-order valence-electron chi connectivity index (χ2n) is 4.02. The van der Waals surface area contributed by atoms with Crippen LogP contribution in [0.2, 0.25) is 0 Å². The Labute approximate surface area is 113 Å². The van der Waals surface area contributed by atoms with Gasteiger partial charge in [-0.2, -0.15) is 0 Å². The smallest absolute Gasteiger partial charge is 0.336 e. The molecular formula is C15H18O4. The zero-order valence-electron chi connectivity index (χ0n) is 11.1. The van der Waals surface area contributed by atoms with Gasteiger partial charge < -0.3 is 14.6 Å². The molecule has 19 heavy (non-hydrogen) atoms. The number of carboxylic acid groups (broad SMARTS) is 1. The van der Waals surface area contributed by atoms with Crippen molar-refractivity contribution in [3.8, 4) is 0 Å². The van der Waals surface area contributed by atoms with Crippen LogP contribution in [0.1, 0.15) is 12.5 Å². The lowest BCUT2D eigenvalue weighted by Crippen LogP contribution is -2.01. The minimum Gasteiger partial charge on any atom is -0.478 e. The molecule has 4 nitrogen and oxygen atoms in total. The molecule has 0 amide bonds. The second-order valence-corrected chi connectivity index (χ2v) is 4.02. The molecule has 1 rings (SSSR count). The van der Waals surface area contributed by atoms with Crippen molar-refractivity contribution < 1.29 is 19.4 Å². The molecule has 0 saturated carbocycles. The van der Waals surface area contributed by atoms with Crippen LogP contribution in [0.5, 0.6) is 0 Å². The average molecular weight is 262 g/mol. The lowest BCUT2D eigenvalue weighted by atomic mass is 10.1. The number of carbonyl (C=O) groups is 1. The van der Waals surface area contributed by atoms with E-state index in [-0.39, 0.29) is 12.4 Å². The highest BCUT2D eigenvalue weighted by Gasteiger charge is 2.08. The molecular weight excluding hydrogens is 244 g/mol. The highest BCUT2D eigenvalue weighted by atomic mass is 16.7. The number of benzene rings is 1. The zero-order chi connectivity index (χ0) is 14.1. The van der Waals surface area contributed by atoms with Crippen LogP contribution in [-0.2, 0) is 14.3 Å². The third-order valence-corrected chi connectivity index (χ3v) is 2.38. The van der Waals surface area contributed by atoms with E-state index >= 15 is 0 Å². The van der Waals surface area contributed by atoms with E-state index in [1.165, 1.54) is 0 Å². The summed E-state index contributed by atoms with van der Waals surface area (Å²) in [5.74, 6) is -0.951. The molecule has 1 aromatic carbocycles. The number of methoxy groups -OCH3 is 1. The van der Waals surface area contributed by atoms with Gasteiger partial charge in [-0.3, -0.25) is 0 Å². The maximum absolute atomic E-state index is 11.2. The Balaban J connectivity index is 2.80. The predicted octanol–water partition coefficient (Wildman–Crippen LogP) is 2.72. The molecule has 1 aromatic rings. The Morgan fingerprint density at radius 2 is 1.95 bits per heavy atom. The Morgan fingerprint density at radius 1 is 1.26 bits per heavy atom. The number of ether oxygens (including phenoxy) is 2. The van der Waals surface area contributed by atoms with Crippen LogP contribution in [0.15, 0.2) is 48.1 Å². The van der Waals surface area contributed by atoms with Crippen molar-refractivity contribution in [2.45, 2.75) is 6.92 Å². The van der Waals surface area contributed by atoms with Crippen LogP contribution in [0.25, 0.3) is 5.57 Å². The summed E-state index contributed by atoms with van der Waals surface area (Å²) in [4.78, 5) is 11.2. The molecule has 0 saturated heterocycles. The normalized spacial score (nSPS) is 12.5. The quantitative estimate of drug-likeness (QED) is 0.355. The monoisotopic (exact) mass is 262 g/mol. The standard InChI is InChI=1S/C15H18O4/c1-12(10-19-11-18-2)8-9-14(15(16)17)13-6-4-3-5-7-13/h3-9H,10-11H2,1-2H3,(H,16,17). The Bertz CT molecular complexity index is 460. The molecule has 1 N–H and O–H groups in total. The lowest BCUT2D eigenvalue weighted by molar-refractivity contribution is -0.130. The van der Waals surface area contributed by atoms with Crippen LogP contribution in [-0.4, -0.2) is 31.6 Å². The lowest BCUT2D eigenvalue weighted by Gasteiger charge is -2.03. The minimum atomic E-state index is -0.951. The van der Waals surface area contributed by atoms with E-state index in [9.17, 15) is 9.90 Å². The summed E-state index contributed by atoms with van der Waals surface area (Å²) in [6, 6.07) is 9.01. The van der Waals surface area contributed by atoms with Crippen molar-refractivity contribution in [2.24, 2.45) is 0 Å². The highest BCUT2D eigenvalue weighted by Crippen LogP contribution is 2.14. The van der Waals surface area contributed by atoms with Crippen LogP contribution < -0.4 is 0 Å². The van der Waals surface area contributed by atoms with Gasteiger partial charge in [0.15, 0.2) is 0 Å². The topological polar surface area (TPSA) is 55.8 Å². The van der Waals surface area contributed by atoms with Crippen molar-refractivity contribution in [3.63, 3.8) is 0 Å². The maximum Gasteiger partial charge on any atom is 0.336 e. The first-order valence-corrected chi connectivity index (χ1v) is 5.88. The van der Waals surface area contributed by atoms with E-state index in [0.29, 0.717) is 12.2 Å². The molecule has 102 valence electrons. The molecule has 0 spiro atoms. The van der Waals surface area contributed by atoms with Crippen molar-refractivity contribution in [3.05, 3.63) is 53.6 Å². The zero-order valence-corrected chi connectivity index (χ0v) is 11.1. The fraction of sp³-hybridized carbons (Fsp3) is 0.267. The number of hydrogen-bond acceptors (Lipinski definition) is 3. The molecule has 0 atom stereocenters. The molecule has 0 radical (unpaired) electrons. The van der Waals surface area contributed by atoms with E-state index in [1.807, 2.05) is 25.1 Å². The maximum atomic E-state index is 11.2. The van der Waals surface area contributed by atoms with Crippen molar-refractivity contribution in [2.75, 3.05) is 20.5 Å². The molecule has 0 aliphatic rings. The molecule has 0 aromatic heterocycles. The Kier molecular flexibility index (Phi) is 6.57. The average Bonchev–Trinajstić information content (AvgIpc) is 2.40. The third kappa shape index (κ3) is 5.50. The number of allylic oxidation sites excluding steroid dienone is 2. The Morgan fingerprint density at radius 3 is 2.53 bits per heavy atom. The second kappa shape index (κ2) is 8.24. The number of rotatable bonds is 7. The summed E-state index contributed by atoms with van der Waals surface area (Å²) in [6.07, 6.45) is 3.33.